The minimum Gasteiger partial charge on any atom is -0.350 e. The van der Waals surface area contributed by atoms with E-state index in [1.54, 1.807) is 12.1 Å². The smallest absolute Gasteiger partial charge is 0.350 e. The Labute approximate surface area is 199 Å². The fourth-order valence-electron chi connectivity index (χ4n) is 3.14. The number of nitriles is 1. The third kappa shape index (κ3) is 5.75. The number of aromatic nitrogens is 4. The molecule has 0 aliphatic heterocycles. The number of benzene rings is 1. The molecule has 0 amide bonds. The molecule has 12 heteroatoms. The summed E-state index contributed by atoms with van der Waals surface area (Å²) in [6.07, 6.45) is -0.00901. The van der Waals surface area contributed by atoms with E-state index in [0.717, 1.165) is 24.1 Å². The molecule has 0 aliphatic rings. The second-order valence-electron chi connectivity index (χ2n) is 7.16. The molecule has 0 fully saturated rings. The normalized spacial score (nSPS) is 11.5. The minimum atomic E-state index is -4.57. The summed E-state index contributed by atoms with van der Waals surface area (Å²) in [7, 11) is -3.31. The molecule has 2 N–H and O–H groups in total. The topological polar surface area (TPSA) is 124 Å². The number of rotatable bonds is 5. The summed E-state index contributed by atoms with van der Waals surface area (Å²) < 4.78 is 62.6. The van der Waals surface area contributed by atoms with Crippen molar-refractivity contribution in [1.82, 2.24) is 19.9 Å². The summed E-state index contributed by atoms with van der Waals surface area (Å²) in [5.41, 5.74) is 0.567. The van der Waals surface area contributed by atoms with Crippen LogP contribution in [0.2, 0.25) is 0 Å². The van der Waals surface area contributed by atoms with Crippen molar-refractivity contribution in [1.29, 1.82) is 5.26 Å². The fraction of sp³-hybridized carbons (Fsp3) is 0.217. The zero-order valence-corrected chi connectivity index (χ0v) is 19.8. The maximum Gasteiger partial charge on any atom is 0.417 e. The Morgan fingerprint density at radius 3 is 2.40 bits per heavy atom. The van der Waals surface area contributed by atoms with Gasteiger partial charge in [-0.1, -0.05) is 26.0 Å². The van der Waals surface area contributed by atoms with Gasteiger partial charge in [0.1, 0.15) is 11.7 Å². The standard InChI is InChI=1S/C21H15F3N6O2S.C2H6/c1-33(31,32)15-4-2-12(3-5-15)8-28-20-29-9-13(7-25)18(30-20)17-11-27-19-16(17)6-14(10-26-19)21(22,23)24;1-2/h2-6,9-11H,8H2,1H3,(H,26,27)(H,28,29,30);1-2H3. The third-order valence-electron chi connectivity index (χ3n) is 4.82. The van der Waals surface area contributed by atoms with Gasteiger partial charge >= 0.3 is 6.18 Å². The van der Waals surface area contributed by atoms with Crippen molar-refractivity contribution in [2.45, 2.75) is 31.5 Å². The maximum absolute atomic E-state index is 13.1. The summed E-state index contributed by atoms with van der Waals surface area (Å²) in [6.45, 7) is 4.25. The number of halogens is 3. The zero-order valence-electron chi connectivity index (χ0n) is 19.0. The van der Waals surface area contributed by atoms with Crippen LogP contribution in [-0.4, -0.2) is 34.6 Å². The van der Waals surface area contributed by atoms with E-state index >= 15 is 0 Å². The predicted molar refractivity (Wildman–Crippen MR) is 125 cm³/mol. The lowest BCUT2D eigenvalue weighted by Crippen LogP contribution is -2.06. The van der Waals surface area contributed by atoms with Crippen LogP contribution in [-0.2, 0) is 22.6 Å². The fourth-order valence-corrected chi connectivity index (χ4v) is 3.77. The summed E-state index contributed by atoms with van der Waals surface area (Å²) in [5.74, 6) is 0.144. The highest BCUT2D eigenvalue weighted by Crippen LogP contribution is 2.34. The molecule has 35 heavy (non-hydrogen) atoms. The zero-order chi connectivity index (χ0) is 25.8. The number of sulfone groups is 1. The van der Waals surface area contributed by atoms with E-state index < -0.39 is 21.6 Å². The quantitative estimate of drug-likeness (QED) is 0.396. The lowest BCUT2D eigenvalue weighted by atomic mass is 10.1. The second-order valence-corrected chi connectivity index (χ2v) is 9.17. The predicted octanol–water partition coefficient (Wildman–Crippen LogP) is 4.95. The molecular formula is C23H21F3N6O2S. The number of fused-ring (bicyclic) bond motifs is 1. The summed E-state index contributed by atoms with van der Waals surface area (Å²) in [5, 5.41) is 12.6. The van der Waals surface area contributed by atoms with E-state index in [0.29, 0.717) is 0 Å². The maximum atomic E-state index is 13.1. The number of pyridine rings is 1. The van der Waals surface area contributed by atoms with Gasteiger partial charge in [-0.25, -0.2) is 23.4 Å². The van der Waals surface area contributed by atoms with Crippen molar-refractivity contribution in [3.8, 4) is 17.3 Å². The monoisotopic (exact) mass is 502 g/mol. The summed E-state index contributed by atoms with van der Waals surface area (Å²) in [4.78, 5) is 15.2. The van der Waals surface area contributed by atoms with Crippen molar-refractivity contribution >= 4 is 26.8 Å². The molecule has 4 aromatic rings. The van der Waals surface area contributed by atoms with Crippen molar-refractivity contribution in [2.75, 3.05) is 11.6 Å². The number of H-pyrrole nitrogens is 1. The highest BCUT2D eigenvalue weighted by atomic mass is 32.2. The van der Waals surface area contributed by atoms with Crippen LogP contribution < -0.4 is 5.32 Å². The van der Waals surface area contributed by atoms with Gasteiger partial charge in [-0.2, -0.15) is 18.4 Å². The van der Waals surface area contributed by atoms with Crippen LogP contribution in [0.4, 0.5) is 19.1 Å². The average molecular weight is 503 g/mol. The highest BCUT2D eigenvalue weighted by molar-refractivity contribution is 7.90. The number of hydrogen-bond donors (Lipinski definition) is 2. The lowest BCUT2D eigenvalue weighted by Gasteiger charge is -2.09. The van der Waals surface area contributed by atoms with Gasteiger partial charge in [0.05, 0.1) is 27.9 Å². The lowest BCUT2D eigenvalue weighted by molar-refractivity contribution is -0.137. The number of anilines is 1. The van der Waals surface area contributed by atoms with Crippen molar-refractivity contribution in [2.24, 2.45) is 0 Å². The Morgan fingerprint density at radius 1 is 1.11 bits per heavy atom. The van der Waals surface area contributed by atoms with Gasteiger partial charge in [0.25, 0.3) is 0 Å². The van der Waals surface area contributed by atoms with Crippen molar-refractivity contribution in [3.05, 3.63) is 65.6 Å². The average Bonchev–Trinajstić information content (AvgIpc) is 3.26. The van der Waals surface area contributed by atoms with Crippen LogP contribution >= 0.6 is 0 Å². The second kappa shape index (κ2) is 10.1. The Morgan fingerprint density at radius 2 is 1.80 bits per heavy atom. The molecule has 0 aliphatic carbocycles. The Hall–Kier alpha value is -3.98. The van der Waals surface area contributed by atoms with Crippen LogP contribution in [0, 0.1) is 11.3 Å². The SMILES string of the molecule is CC.CS(=O)(=O)c1ccc(CNc2ncc(C#N)c(-c3c[nH]c4ncc(C(F)(F)F)cc34)n2)cc1. The number of aromatic amines is 1. The van der Waals surface area contributed by atoms with Gasteiger partial charge in [-0.3, -0.25) is 0 Å². The van der Waals surface area contributed by atoms with Gasteiger partial charge in [0, 0.05) is 36.1 Å². The summed E-state index contributed by atoms with van der Waals surface area (Å²) >= 11 is 0. The molecule has 3 aromatic heterocycles. The van der Waals surface area contributed by atoms with Gasteiger partial charge < -0.3 is 10.3 Å². The molecule has 0 bridgehead atoms. The number of alkyl halides is 3. The Balaban J connectivity index is 0.00000167. The first-order valence-electron chi connectivity index (χ1n) is 10.4. The van der Waals surface area contributed by atoms with E-state index in [-0.39, 0.29) is 45.2 Å². The largest absolute Gasteiger partial charge is 0.417 e. The Kier molecular flexibility index (Phi) is 7.40. The van der Waals surface area contributed by atoms with Crippen LogP contribution in [0.25, 0.3) is 22.3 Å². The van der Waals surface area contributed by atoms with Gasteiger partial charge in [-0.15, -0.1) is 0 Å². The minimum absolute atomic E-state index is 0.0800. The highest BCUT2D eigenvalue weighted by Gasteiger charge is 2.31. The molecule has 0 unspecified atom stereocenters. The van der Waals surface area contributed by atoms with Crippen LogP contribution in [0.1, 0.15) is 30.5 Å². The molecular weight excluding hydrogens is 481 g/mol. The Bertz CT molecular complexity index is 1490. The van der Waals surface area contributed by atoms with Crippen LogP contribution in [0.3, 0.4) is 0 Å². The van der Waals surface area contributed by atoms with E-state index in [4.69, 9.17) is 0 Å². The molecule has 0 atom stereocenters. The molecule has 4 rings (SSSR count). The number of hydrogen-bond acceptors (Lipinski definition) is 7. The molecule has 0 spiro atoms. The molecule has 0 saturated carbocycles. The van der Waals surface area contributed by atoms with Crippen LogP contribution in [0.15, 0.2) is 53.8 Å². The van der Waals surface area contributed by atoms with Crippen molar-refractivity contribution < 1.29 is 21.6 Å². The molecule has 1 aromatic carbocycles. The van der Waals surface area contributed by atoms with E-state index in [2.05, 4.69) is 25.3 Å². The van der Waals surface area contributed by atoms with E-state index in [1.807, 2.05) is 19.9 Å². The molecule has 0 radical (unpaired) electrons. The first-order valence-corrected chi connectivity index (χ1v) is 12.3. The molecule has 182 valence electrons. The number of nitrogens with zero attached hydrogens (tertiary/aromatic N) is 4. The van der Waals surface area contributed by atoms with E-state index in [9.17, 15) is 26.9 Å². The molecule has 3 heterocycles. The molecule has 0 saturated heterocycles. The van der Waals surface area contributed by atoms with Gasteiger partial charge in [0.15, 0.2) is 9.84 Å². The van der Waals surface area contributed by atoms with Gasteiger partial charge in [0.2, 0.25) is 5.95 Å². The third-order valence-corrected chi connectivity index (χ3v) is 5.95. The summed E-state index contributed by atoms with van der Waals surface area (Å²) in [6, 6.07) is 9.14. The van der Waals surface area contributed by atoms with Gasteiger partial charge in [-0.05, 0) is 23.8 Å². The van der Waals surface area contributed by atoms with Crippen molar-refractivity contribution in [3.63, 3.8) is 0 Å². The number of nitrogens with one attached hydrogen (secondary N) is 2. The molecule has 8 nitrogen and oxygen atoms in total. The first kappa shape index (κ1) is 25.6. The van der Waals surface area contributed by atoms with Crippen LogP contribution in [0.5, 0.6) is 0 Å². The first-order chi connectivity index (χ1) is 16.6. The van der Waals surface area contributed by atoms with E-state index in [1.165, 1.54) is 24.5 Å².